The van der Waals surface area contributed by atoms with Gasteiger partial charge in [-0.1, -0.05) is 23.7 Å². The van der Waals surface area contributed by atoms with Gasteiger partial charge in [-0.2, -0.15) is 0 Å². The minimum absolute atomic E-state index is 0.0629. The molecule has 0 amide bonds. The van der Waals surface area contributed by atoms with Crippen molar-refractivity contribution in [2.24, 2.45) is 0 Å². The summed E-state index contributed by atoms with van der Waals surface area (Å²) in [5.74, 6) is 0.554. The van der Waals surface area contributed by atoms with Gasteiger partial charge in [-0.15, -0.1) is 0 Å². The first kappa shape index (κ1) is 16.1. The van der Waals surface area contributed by atoms with Crippen LogP contribution in [0.5, 0.6) is 11.5 Å². The molecule has 0 saturated heterocycles. The number of para-hydroxylation sites is 2. The molecule has 0 aliphatic heterocycles. The fraction of sp³-hybridized carbons (Fsp3) is 0.176. The summed E-state index contributed by atoms with van der Waals surface area (Å²) in [4.78, 5) is 16.2. The normalized spacial score (nSPS) is 10.6. The van der Waals surface area contributed by atoms with Crippen molar-refractivity contribution in [3.63, 3.8) is 0 Å². The predicted molar refractivity (Wildman–Crippen MR) is 88.5 cm³/mol. The van der Waals surface area contributed by atoms with E-state index in [4.69, 9.17) is 25.8 Å². The van der Waals surface area contributed by atoms with Gasteiger partial charge in [-0.25, -0.2) is 9.78 Å². The fourth-order valence-corrected chi connectivity index (χ4v) is 2.33. The molecule has 0 atom stereocenters. The van der Waals surface area contributed by atoms with Gasteiger partial charge in [0.1, 0.15) is 12.3 Å². The van der Waals surface area contributed by atoms with Crippen molar-refractivity contribution in [3.8, 4) is 11.5 Å². The Morgan fingerprint density at radius 2 is 1.96 bits per heavy atom. The number of ether oxygens (including phenoxy) is 3. The van der Waals surface area contributed by atoms with Crippen molar-refractivity contribution in [2.75, 3.05) is 13.7 Å². The number of esters is 1. The number of pyridine rings is 1. The zero-order chi connectivity index (χ0) is 16.9. The molecule has 2 aromatic heterocycles. The molecule has 0 aliphatic rings. The zero-order valence-electron chi connectivity index (χ0n) is 12.9. The maximum Gasteiger partial charge on any atom is 0.344 e. The summed E-state index contributed by atoms with van der Waals surface area (Å²) in [5.41, 5.74) is 1.36. The molecule has 124 valence electrons. The first-order valence-electron chi connectivity index (χ1n) is 7.20. The third-order valence-electron chi connectivity index (χ3n) is 3.26. The van der Waals surface area contributed by atoms with Crippen molar-refractivity contribution in [1.29, 1.82) is 0 Å². The van der Waals surface area contributed by atoms with Crippen molar-refractivity contribution in [2.45, 2.75) is 6.61 Å². The van der Waals surface area contributed by atoms with Crippen LogP contribution in [0.1, 0.15) is 5.69 Å². The number of methoxy groups -OCH3 is 1. The maximum atomic E-state index is 11.8. The summed E-state index contributed by atoms with van der Waals surface area (Å²) in [6.07, 6.45) is 3.50. The van der Waals surface area contributed by atoms with Gasteiger partial charge < -0.3 is 18.6 Å². The average Bonchev–Trinajstić information content (AvgIpc) is 3.00. The molecule has 1 aromatic carbocycles. The second kappa shape index (κ2) is 7.23. The van der Waals surface area contributed by atoms with E-state index >= 15 is 0 Å². The topological polar surface area (TPSA) is 62.1 Å². The van der Waals surface area contributed by atoms with Crippen LogP contribution in [-0.2, 0) is 16.1 Å². The molecule has 2 heterocycles. The fourth-order valence-electron chi connectivity index (χ4n) is 2.16. The highest BCUT2D eigenvalue weighted by molar-refractivity contribution is 6.30. The Balaban J connectivity index is 1.55. The number of benzene rings is 1. The van der Waals surface area contributed by atoms with Crippen LogP contribution in [0, 0.1) is 0 Å². The Hall–Kier alpha value is -2.73. The van der Waals surface area contributed by atoms with Crippen LogP contribution in [-0.4, -0.2) is 29.1 Å². The van der Waals surface area contributed by atoms with E-state index in [1.54, 1.807) is 47.1 Å². The number of halogens is 1. The van der Waals surface area contributed by atoms with Crippen LogP contribution in [0.3, 0.4) is 0 Å². The smallest absolute Gasteiger partial charge is 0.344 e. The highest BCUT2D eigenvalue weighted by Gasteiger charge is 2.09. The van der Waals surface area contributed by atoms with E-state index in [0.29, 0.717) is 22.2 Å². The van der Waals surface area contributed by atoms with E-state index < -0.39 is 5.97 Å². The van der Waals surface area contributed by atoms with Gasteiger partial charge in [0.25, 0.3) is 0 Å². The van der Waals surface area contributed by atoms with E-state index in [0.717, 1.165) is 5.65 Å². The van der Waals surface area contributed by atoms with Gasteiger partial charge >= 0.3 is 5.97 Å². The number of carbonyl (C=O) groups is 1. The van der Waals surface area contributed by atoms with Crippen LogP contribution < -0.4 is 9.47 Å². The molecule has 0 bridgehead atoms. The minimum Gasteiger partial charge on any atom is -0.493 e. The third kappa shape index (κ3) is 3.78. The molecule has 0 N–H and O–H groups in total. The summed E-state index contributed by atoms with van der Waals surface area (Å²) in [6, 6.07) is 10.6. The standard InChI is InChI=1S/C17H15ClN2O4/c1-22-14-4-2-3-5-15(14)23-11-17(21)24-10-13-9-20-8-12(18)6-7-16(20)19-13/h2-9H,10-11H2,1H3. The highest BCUT2D eigenvalue weighted by Crippen LogP contribution is 2.25. The van der Waals surface area contributed by atoms with Gasteiger partial charge in [0.15, 0.2) is 18.1 Å². The lowest BCUT2D eigenvalue weighted by Crippen LogP contribution is -2.15. The summed E-state index contributed by atoms with van der Waals surface area (Å²) in [6.45, 7) is -0.146. The quantitative estimate of drug-likeness (QED) is 0.642. The lowest BCUT2D eigenvalue weighted by molar-refractivity contribution is -0.147. The second-order valence-electron chi connectivity index (χ2n) is 4.95. The van der Waals surface area contributed by atoms with E-state index in [9.17, 15) is 4.79 Å². The van der Waals surface area contributed by atoms with Crippen LogP contribution in [0.15, 0.2) is 48.8 Å². The number of nitrogens with zero attached hydrogens (tertiary/aromatic N) is 2. The molecular formula is C17H15ClN2O4. The molecule has 0 aliphatic carbocycles. The molecule has 0 unspecified atom stereocenters. The van der Waals surface area contributed by atoms with Crippen LogP contribution in [0.25, 0.3) is 5.65 Å². The monoisotopic (exact) mass is 346 g/mol. The van der Waals surface area contributed by atoms with Crippen molar-refractivity contribution >= 4 is 23.2 Å². The van der Waals surface area contributed by atoms with E-state index in [1.165, 1.54) is 7.11 Å². The molecule has 24 heavy (non-hydrogen) atoms. The van der Waals surface area contributed by atoms with Crippen molar-refractivity contribution in [1.82, 2.24) is 9.38 Å². The summed E-state index contributed by atoms with van der Waals surface area (Å²) >= 11 is 5.92. The minimum atomic E-state index is -0.490. The van der Waals surface area contributed by atoms with Crippen molar-refractivity contribution in [3.05, 3.63) is 59.5 Å². The molecule has 3 aromatic rings. The number of imidazole rings is 1. The summed E-state index contributed by atoms with van der Waals surface area (Å²) in [7, 11) is 1.54. The largest absolute Gasteiger partial charge is 0.493 e. The third-order valence-corrected chi connectivity index (χ3v) is 3.48. The Morgan fingerprint density at radius 3 is 2.75 bits per heavy atom. The summed E-state index contributed by atoms with van der Waals surface area (Å²) in [5, 5.41) is 0.605. The van der Waals surface area contributed by atoms with Gasteiger partial charge in [0, 0.05) is 12.4 Å². The van der Waals surface area contributed by atoms with Gasteiger partial charge in [0.2, 0.25) is 0 Å². The molecule has 3 rings (SSSR count). The number of hydrogen-bond donors (Lipinski definition) is 0. The predicted octanol–water partition coefficient (Wildman–Crippen LogP) is 3.12. The van der Waals surface area contributed by atoms with Crippen molar-refractivity contribution < 1.29 is 19.0 Å². The van der Waals surface area contributed by atoms with Crippen LogP contribution in [0.2, 0.25) is 5.02 Å². The number of hydrogen-bond acceptors (Lipinski definition) is 5. The first-order valence-corrected chi connectivity index (χ1v) is 7.58. The zero-order valence-corrected chi connectivity index (χ0v) is 13.7. The Bertz CT molecular complexity index is 863. The van der Waals surface area contributed by atoms with Gasteiger partial charge in [0.05, 0.1) is 17.8 Å². The lowest BCUT2D eigenvalue weighted by Gasteiger charge is -2.09. The van der Waals surface area contributed by atoms with E-state index in [2.05, 4.69) is 4.98 Å². The Labute approximate surface area is 143 Å². The molecule has 0 fully saturated rings. The number of rotatable bonds is 6. The van der Waals surface area contributed by atoms with Crippen LogP contribution in [0.4, 0.5) is 0 Å². The first-order chi connectivity index (χ1) is 11.7. The van der Waals surface area contributed by atoms with E-state index in [-0.39, 0.29) is 13.2 Å². The van der Waals surface area contributed by atoms with E-state index in [1.807, 2.05) is 6.07 Å². The average molecular weight is 347 g/mol. The molecule has 0 saturated carbocycles. The molecule has 0 spiro atoms. The maximum absolute atomic E-state index is 11.8. The molecule has 6 nitrogen and oxygen atoms in total. The Kier molecular flexibility index (Phi) is 4.86. The number of aromatic nitrogens is 2. The molecular weight excluding hydrogens is 332 g/mol. The number of carbonyl (C=O) groups excluding carboxylic acids is 1. The SMILES string of the molecule is COc1ccccc1OCC(=O)OCc1cn2cc(Cl)ccc2n1. The Morgan fingerprint density at radius 1 is 1.17 bits per heavy atom. The highest BCUT2D eigenvalue weighted by atomic mass is 35.5. The molecule has 7 heteroatoms. The molecule has 0 radical (unpaired) electrons. The lowest BCUT2D eigenvalue weighted by atomic mass is 10.3. The van der Waals surface area contributed by atoms with Gasteiger partial charge in [-0.05, 0) is 24.3 Å². The van der Waals surface area contributed by atoms with Crippen LogP contribution >= 0.6 is 11.6 Å². The number of fused-ring (bicyclic) bond motifs is 1. The summed E-state index contributed by atoms with van der Waals surface area (Å²) < 4.78 is 17.5. The second-order valence-corrected chi connectivity index (χ2v) is 5.38. The van der Waals surface area contributed by atoms with Gasteiger partial charge in [-0.3, -0.25) is 0 Å².